The number of nitrogens with one attached hydrogen (secondary N) is 1. The highest BCUT2D eigenvalue weighted by Gasteiger charge is 2.13. The second-order valence-corrected chi connectivity index (χ2v) is 5.46. The molecule has 1 aliphatic rings. The largest absolute Gasteiger partial charge is 0.382 e. The Morgan fingerprint density at radius 3 is 2.80 bits per heavy atom. The molecule has 0 amide bonds. The Balaban J connectivity index is 1.71. The fraction of sp³-hybridized carbons (Fsp3) is 0.800. The van der Waals surface area contributed by atoms with Crippen LogP contribution in [0.3, 0.4) is 0 Å². The first-order chi connectivity index (χ1) is 9.81. The van der Waals surface area contributed by atoms with Crippen LogP contribution in [0.25, 0.3) is 0 Å². The summed E-state index contributed by atoms with van der Waals surface area (Å²) in [5, 5.41) is 7.92. The van der Waals surface area contributed by atoms with Crippen LogP contribution in [-0.4, -0.2) is 54.1 Å². The van der Waals surface area contributed by atoms with Crippen molar-refractivity contribution in [2.75, 3.05) is 44.7 Å². The molecule has 0 unspecified atom stereocenters. The summed E-state index contributed by atoms with van der Waals surface area (Å²) in [7, 11) is 0. The maximum absolute atomic E-state index is 5.38. The van der Waals surface area contributed by atoms with Gasteiger partial charge in [-0.05, 0) is 31.8 Å². The summed E-state index contributed by atoms with van der Waals surface area (Å²) in [4.78, 5) is 2.41. The predicted molar refractivity (Wildman–Crippen MR) is 82.0 cm³/mol. The second kappa shape index (κ2) is 8.27. The molecular formula is C15H28N4O. The zero-order valence-corrected chi connectivity index (χ0v) is 12.8. The van der Waals surface area contributed by atoms with E-state index in [4.69, 9.17) is 4.74 Å². The highest BCUT2D eigenvalue weighted by molar-refractivity contribution is 5.38. The first-order valence-electron chi connectivity index (χ1n) is 7.88. The van der Waals surface area contributed by atoms with Crippen LogP contribution in [0.1, 0.15) is 26.7 Å². The molecule has 0 spiro atoms. The van der Waals surface area contributed by atoms with E-state index in [1.165, 1.54) is 12.8 Å². The van der Waals surface area contributed by atoms with E-state index in [1.807, 2.05) is 10.9 Å². The Bertz CT molecular complexity index is 370. The van der Waals surface area contributed by atoms with E-state index in [-0.39, 0.29) is 0 Å². The van der Waals surface area contributed by atoms with E-state index in [0.717, 1.165) is 57.5 Å². The molecule has 20 heavy (non-hydrogen) atoms. The van der Waals surface area contributed by atoms with Crippen molar-refractivity contribution in [1.82, 2.24) is 14.7 Å². The van der Waals surface area contributed by atoms with E-state index >= 15 is 0 Å². The molecule has 5 heteroatoms. The van der Waals surface area contributed by atoms with Crippen LogP contribution in [0.4, 0.5) is 5.69 Å². The summed E-state index contributed by atoms with van der Waals surface area (Å²) in [5.74, 6) is 0.739. The first-order valence-corrected chi connectivity index (χ1v) is 7.88. The molecule has 2 heterocycles. The van der Waals surface area contributed by atoms with E-state index < -0.39 is 0 Å². The fourth-order valence-electron chi connectivity index (χ4n) is 2.57. The fourth-order valence-corrected chi connectivity index (χ4v) is 2.57. The van der Waals surface area contributed by atoms with Crippen LogP contribution in [0.2, 0.25) is 0 Å². The number of nitrogens with zero attached hydrogens (tertiary/aromatic N) is 3. The normalized spacial score (nSPS) is 16.8. The lowest BCUT2D eigenvalue weighted by molar-refractivity contribution is 0.0699. The summed E-state index contributed by atoms with van der Waals surface area (Å²) in [6, 6.07) is 0. The monoisotopic (exact) mass is 280 g/mol. The number of anilines is 1. The van der Waals surface area contributed by atoms with Crippen molar-refractivity contribution in [2.24, 2.45) is 5.92 Å². The molecule has 2 rings (SSSR count). The van der Waals surface area contributed by atoms with Gasteiger partial charge in [-0.3, -0.25) is 4.68 Å². The van der Waals surface area contributed by atoms with E-state index in [1.54, 1.807) is 0 Å². The second-order valence-electron chi connectivity index (χ2n) is 5.46. The van der Waals surface area contributed by atoms with Gasteiger partial charge < -0.3 is 15.0 Å². The molecule has 1 aromatic heterocycles. The van der Waals surface area contributed by atoms with Gasteiger partial charge in [0.1, 0.15) is 0 Å². The van der Waals surface area contributed by atoms with Crippen LogP contribution in [0, 0.1) is 5.92 Å². The average molecular weight is 280 g/mol. The molecular weight excluding hydrogens is 252 g/mol. The van der Waals surface area contributed by atoms with Gasteiger partial charge in [0.05, 0.1) is 18.4 Å². The van der Waals surface area contributed by atoms with Crippen molar-refractivity contribution in [3.63, 3.8) is 0 Å². The number of ether oxygens (including phenoxy) is 1. The van der Waals surface area contributed by atoms with Crippen LogP contribution in [0.15, 0.2) is 12.4 Å². The number of hydrogen-bond donors (Lipinski definition) is 1. The lowest BCUT2D eigenvalue weighted by Crippen LogP contribution is -2.27. The van der Waals surface area contributed by atoms with Crippen molar-refractivity contribution in [3.8, 4) is 0 Å². The van der Waals surface area contributed by atoms with Crippen molar-refractivity contribution in [2.45, 2.75) is 33.2 Å². The molecule has 5 nitrogen and oxygen atoms in total. The highest BCUT2D eigenvalue weighted by atomic mass is 16.5. The van der Waals surface area contributed by atoms with Crippen molar-refractivity contribution >= 4 is 5.69 Å². The minimum absolute atomic E-state index is 0.739. The van der Waals surface area contributed by atoms with Crippen LogP contribution in [-0.2, 0) is 11.3 Å². The molecule has 0 saturated carbocycles. The summed E-state index contributed by atoms with van der Waals surface area (Å²) < 4.78 is 7.41. The Hall–Kier alpha value is -1.07. The van der Waals surface area contributed by atoms with Gasteiger partial charge in [0.25, 0.3) is 0 Å². The van der Waals surface area contributed by atoms with Gasteiger partial charge in [0.15, 0.2) is 0 Å². The van der Waals surface area contributed by atoms with Crippen molar-refractivity contribution in [3.05, 3.63) is 12.4 Å². The SMILES string of the molecule is CCN(CC)CCn1cc(NCC2CCOCC2)cn1. The molecule has 1 N–H and O–H groups in total. The third-order valence-electron chi connectivity index (χ3n) is 4.11. The third-order valence-corrected chi connectivity index (χ3v) is 4.11. The lowest BCUT2D eigenvalue weighted by Gasteiger charge is -2.22. The number of hydrogen-bond acceptors (Lipinski definition) is 4. The molecule has 114 valence electrons. The molecule has 1 aromatic rings. The van der Waals surface area contributed by atoms with Gasteiger partial charge >= 0.3 is 0 Å². The topological polar surface area (TPSA) is 42.3 Å². The van der Waals surface area contributed by atoms with E-state index in [2.05, 4.69) is 35.4 Å². The first kappa shape index (κ1) is 15.3. The smallest absolute Gasteiger partial charge is 0.0726 e. The summed E-state index contributed by atoms with van der Waals surface area (Å²) in [6.45, 7) is 11.5. The minimum atomic E-state index is 0.739. The maximum atomic E-state index is 5.38. The van der Waals surface area contributed by atoms with Gasteiger partial charge in [-0.15, -0.1) is 0 Å². The number of rotatable bonds is 8. The quantitative estimate of drug-likeness (QED) is 0.791. The van der Waals surface area contributed by atoms with Crippen LogP contribution in [0.5, 0.6) is 0 Å². The molecule has 1 fully saturated rings. The number of aromatic nitrogens is 2. The standard InChI is InChI=1S/C15H28N4O/c1-3-18(4-2)7-8-19-13-15(12-17-19)16-11-14-5-9-20-10-6-14/h12-14,16H,3-11H2,1-2H3. The van der Waals surface area contributed by atoms with Gasteiger partial charge in [-0.25, -0.2) is 0 Å². The Morgan fingerprint density at radius 1 is 1.35 bits per heavy atom. The van der Waals surface area contributed by atoms with E-state index in [9.17, 15) is 0 Å². The molecule has 0 atom stereocenters. The summed E-state index contributed by atoms with van der Waals surface area (Å²) >= 11 is 0. The molecule has 0 radical (unpaired) electrons. The zero-order chi connectivity index (χ0) is 14.2. The summed E-state index contributed by atoms with van der Waals surface area (Å²) in [5.41, 5.74) is 1.14. The maximum Gasteiger partial charge on any atom is 0.0726 e. The van der Waals surface area contributed by atoms with Crippen molar-refractivity contribution < 1.29 is 4.74 Å². The molecule has 0 aromatic carbocycles. The van der Waals surface area contributed by atoms with Gasteiger partial charge in [0, 0.05) is 32.5 Å². The Morgan fingerprint density at radius 2 is 2.10 bits per heavy atom. The third kappa shape index (κ3) is 4.80. The van der Waals surface area contributed by atoms with Gasteiger partial charge in [-0.2, -0.15) is 5.10 Å². The van der Waals surface area contributed by atoms with Gasteiger partial charge in [0.2, 0.25) is 0 Å². The van der Waals surface area contributed by atoms with Crippen LogP contribution < -0.4 is 5.32 Å². The van der Waals surface area contributed by atoms with Gasteiger partial charge in [-0.1, -0.05) is 13.8 Å². The minimum Gasteiger partial charge on any atom is -0.382 e. The van der Waals surface area contributed by atoms with E-state index in [0.29, 0.717) is 0 Å². The lowest BCUT2D eigenvalue weighted by atomic mass is 10.0. The summed E-state index contributed by atoms with van der Waals surface area (Å²) in [6.07, 6.45) is 6.39. The zero-order valence-electron chi connectivity index (χ0n) is 12.8. The Kier molecular flexibility index (Phi) is 6.33. The number of likely N-dealkylation sites (N-methyl/N-ethyl adjacent to an activating group) is 1. The Labute approximate surface area is 122 Å². The highest BCUT2D eigenvalue weighted by Crippen LogP contribution is 2.15. The average Bonchev–Trinajstić information content (AvgIpc) is 2.95. The molecule has 0 aliphatic carbocycles. The van der Waals surface area contributed by atoms with Crippen LogP contribution >= 0.6 is 0 Å². The predicted octanol–water partition coefficient (Wildman–Crippen LogP) is 2.06. The molecule has 1 saturated heterocycles. The molecule has 1 aliphatic heterocycles. The van der Waals surface area contributed by atoms with Crippen molar-refractivity contribution in [1.29, 1.82) is 0 Å². The molecule has 0 bridgehead atoms.